The second kappa shape index (κ2) is 6.56. The molecule has 0 aliphatic heterocycles. The van der Waals surface area contributed by atoms with E-state index >= 15 is 0 Å². The normalized spacial score (nSPS) is 10.1. The molecule has 2 rings (SSSR count). The maximum Gasteiger partial charge on any atom is 0.250 e. The van der Waals surface area contributed by atoms with Crippen molar-refractivity contribution in [1.29, 1.82) is 0 Å². The number of nitrogens with two attached hydrogens (primary N) is 1. The number of hydrogen-bond donors (Lipinski definition) is 2. The van der Waals surface area contributed by atoms with Gasteiger partial charge in [0.15, 0.2) is 0 Å². The van der Waals surface area contributed by atoms with E-state index in [2.05, 4.69) is 5.32 Å². The lowest BCUT2D eigenvalue weighted by atomic mass is 10.2. The van der Waals surface area contributed by atoms with Crippen LogP contribution in [-0.2, 0) is 16.1 Å². The van der Waals surface area contributed by atoms with E-state index in [-0.39, 0.29) is 12.5 Å². The molecule has 0 saturated carbocycles. The summed E-state index contributed by atoms with van der Waals surface area (Å²) >= 11 is 0. The highest BCUT2D eigenvalue weighted by molar-refractivity contribution is 5.91. The number of anilines is 2. The number of benzene rings is 2. The highest BCUT2D eigenvalue weighted by atomic mass is 16.5. The van der Waals surface area contributed by atoms with Gasteiger partial charge in [0.2, 0.25) is 5.91 Å². The third-order valence-corrected chi connectivity index (χ3v) is 2.54. The molecule has 98 valence electrons. The first-order chi connectivity index (χ1) is 9.24. The number of hydrogen-bond acceptors (Lipinski definition) is 3. The Balaban J connectivity index is 1.74. The minimum atomic E-state index is -0.180. The van der Waals surface area contributed by atoms with E-state index in [4.69, 9.17) is 10.5 Å². The number of rotatable bonds is 5. The predicted molar refractivity (Wildman–Crippen MR) is 75.6 cm³/mol. The van der Waals surface area contributed by atoms with Gasteiger partial charge in [0.25, 0.3) is 0 Å². The van der Waals surface area contributed by atoms with E-state index in [0.717, 1.165) is 5.56 Å². The molecular weight excluding hydrogens is 240 g/mol. The highest BCUT2D eigenvalue weighted by Gasteiger charge is 2.02. The van der Waals surface area contributed by atoms with Crippen molar-refractivity contribution in [2.45, 2.75) is 6.61 Å². The van der Waals surface area contributed by atoms with Crippen LogP contribution in [-0.4, -0.2) is 12.5 Å². The lowest BCUT2D eigenvalue weighted by Crippen LogP contribution is -2.18. The van der Waals surface area contributed by atoms with E-state index in [9.17, 15) is 4.79 Å². The molecule has 0 unspecified atom stereocenters. The van der Waals surface area contributed by atoms with Crippen LogP contribution in [0.1, 0.15) is 5.56 Å². The molecule has 0 fully saturated rings. The second-order valence-corrected chi connectivity index (χ2v) is 4.15. The van der Waals surface area contributed by atoms with Gasteiger partial charge in [0.05, 0.1) is 6.61 Å². The van der Waals surface area contributed by atoms with Crippen molar-refractivity contribution >= 4 is 17.3 Å². The van der Waals surface area contributed by atoms with Crippen molar-refractivity contribution < 1.29 is 9.53 Å². The van der Waals surface area contributed by atoms with Gasteiger partial charge in [-0.15, -0.1) is 0 Å². The molecule has 0 radical (unpaired) electrons. The monoisotopic (exact) mass is 256 g/mol. The number of carbonyl (C=O) groups excluding carboxylic acids is 1. The molecule has 0 saturated heterocycles. The largest absolute Gasteiger partial charge is 0.399 e. The van der Waals surface area contributed by atoms with Crippen molar-refractivity contribution in [1.82, 2.24) is 0 Å². The molecule has 0 aliphatic rings. The molecule has 0 aromatic heterocycles. The fraction of sp³-hybridized carbons (Fsp3) is 0.133. The molecule has 4 heteroatoms. The molecule has 0 heterocycles. The molecule has 19 heavy (non-hydrogen) atoms. The first-order valence-electron chi connectivity index (χ1n) is 6.01. The summed E-state index contributed by atoms with van der Waals surface area (Å²) in [6, 6.07) is 16.7. The third-order valence-electron chi connectivity index (χ3n) is 2.54. The van der Waals surface area contributed by atoms with Gasteiger partial charge in [-0.1, -0.05) is 30.3 Å². The maximum atomic E-state index is 11.6. The fourth-order valence-electron chi connectivity index (χ4n) is 1.60. The zero-order valence-corrected chi connectivity index (χ0v) is 10.5. The van der Waals surface area contributed by atoms with Crippen molar-refractivity contribution in [3.8, 4) is 0 Å². The molecule has 0 atom stereocenters. The van der Waals surface area contributed by atoms with Gasteiger partial charge >= 0.3 is 0 Å². The molecule has 0 spiro atoms. The van der Waals surface area contributed by atoms with Gasteiger partial charge < -0.3 is 15.8 Å². The molecule has 0 aliphatic carbocycles. The predicted octanol–water partition coefficient (Wildman–Crippen LogP) is 2.42. The number of ether oxygens (including phenoxy) is 1. The number of nitrogen functional groups attached to an aromatic ring is 1. The van der Waals surface area contributed by atoms with Crippen LogP contribution in [0.3, 0.4) is 0 Å². The van der Waals surface area contributed by atoms with Gasteiger partial charge in [-0.2, -0.15) is 0 Å². The van der Waals surface area contributed by atoms with Gasteiger partial charge in [0.1, 0.15) is 6.61 Å². The molecular formula is C15H16N2O2. The fourth-order valence-corrected chi connectivity index (χ4v) is 1.60. The summed E-state index contributed by atoms with van der Waals surface area (Å²) in [6.45, 7) is 0.454. The van der Waals surface area contributed by atoms with Gasteiger partial charge in [-0.05, 0) is 29.8 Å². The Morgan fingerprint density at radius 3 is 2.42 bits per heavy atom. The standard InChI is InChI=1S/C15H16N2O2/c16-13-6-8-14(9-7-13)17-15(18)11-19-10-12-4-2-1-3-5-12/h1-9H,10-11,16H2,(H,17,18). The van der Waals surface area contributed by atoms with Crippen LogP contribution in [0.15, 0.2) is 54.6 Å². The van der Waals surface area contributed by atoms with E-state index in [0.29, 0.717) is 18.0 Å². The maximum absolute atomic E-state index is 11.6. The second-order valence-electron chi connectivity index (χ2n) is 4.15. The quantitative estimate of drug-likeness (QED) is 0.807. The van der Waals surface area contributed by atoms with Gasteiger partial charge in [-0.25, -0.2) is 0 Å². The Hall–Kier alpha value is -2.33. The summed E-state index contributed by atoms with van der Waals surface area (Å²) in [6.07, 6.45) is 0. The summed E-state index contributed by atoms with van der Waals surface area (Å²) in [4.78, 5) is 11.6. The molecule has 1 amide bonds. The molecule has 4 nitrogen and oxygen atoms in total. The first kappa shape index (κ1) is 13.1. The smallest absolute Gasteiger partial charge is 0.250 e. The molecule has 3 N–H and O–H groups in total. The Kier molecular flexibility index (Phi) is 4.53. The molecule has 2 aromatic rings. The van der Waals surface area contributed by atoms with Crippen LogP contribution in [0.2, 0.25) is 0 Å². The van der Waals surface area contributed by atoms with Crippen molar-refractivity contribution in [3.05, 3.63) is 60.2 Å². The Morgan fingerprint density at radius 1 is 1.05 bits per heavy atom. The van der Waals surface area contributed by atoms with E-state index < -0.39 is 0 Å². The van der Waals surface area contributed by atoms with E-state index in [1.165, 1.54) is 0 Å². The highest BCUT2D eigenvalue weighted by Crippen LogP contribution is 2.10. The van der Waals surface area contributed by atoms with E-state index in [1.54, 1.807) is 24.3 Å². The SMILES string of the molecule is Nc1ccc(NC(=O)COCc2ccccc2)cc1. The summed E-state index contributed by atoms with van der Waals surface area (Å²) in [5, 5.41) is 2.74. The number of nitrogens with one attached hydrogen (secondary N) is 1. The summed E-state index contributed by atoms with van der Waals surface area (Å²) < 4.78 is 5.34. The molecule has 2 aromatic carbocycles. The lowest BCUT2D eigenvalue weighted by Gasteiger charge is -2.06. The van der Waals surface area contributed by atoms with Crippen LogP contribution >= 0.6 is 0 Å². The van der Waals surface area contributed by atoms with Gasteiger partial charge in [-0.3, -0.25) is 4.79 Å². The van der Waals surface area contributed by atoms with Crippen LogP contribution < -0.4 is 11.1 Å². The number of carbonyl (C=O) groups is 1. The zero-order valence-electron chi connectivity index (χ0n) is 10.5. The summed E-state index contributed by atoms with van der Waals surface area (Å²) in [7, 11) is 0. The summed E-state index contributed by atoms with van der Waals surface area (Å²) in [5.74, 6) is -0.180. The first-order valence-corrected chi connectivity index (χ1v) is 6.01. The van der Waals surface area contributed by atoms with Crippen LogP contribution in [0.25, 0.3) is 0 Å². The van der Waals surface area contributed by atoms with Crippen LogP contribution in [0.4, 0.5) is 11.4 Å². The minimum Gasteiger partial charge on any atom is -0.399 e. The van der Waals surface area contributed by atoms with Crippen LogP contribution in [0.5, 0.6) is 0 Å². The Bertz CT molecular complexity index is 524. The minimum absolute atomic E-state index is 0.0271. The summed E-state index contributed by atoms with van der Waals surface area (Å²) in [5.41, 5.74) is 7.98. The lowest BCUT2D eigenvalue weighted by molar-refractivity contribution is -0.121. The van der Waals surface area contributed by atoms with E-state index in [1.807, 2.05) is 30.3 Å². The van der Waals surface area contributed by atoms with Crippen molar-refractivity contribution in [2.75, 3.05) is 17.7 Å². The number of amides is 1. The third kappa shape index (κ3) is 4.44. The zero-order chi connectivity index (χ0) is 13.5. The van der Waals surface area contributed by atoms with Crippen LogP contribution in [0, 0.1) is 0 Å². The van der Waals surface area contributed by atoms with Crippen molar-refractivity contribution in [3.63, 3.8) is 0 Å². The van der Waals surface area contributed by atoms with Gasteiger partial charge in [0, 0.05) is 11.4 Å². The Labute approximate surface area is 112 Å². The van der Waals surface area contributed by atoms with Crippen molar-refractivity contribution in [2.24, 2.45) is 0 Å². The Morgan fingerprint density at radius 2 is 1.74 bits per heavy atom. The molecule has 0 bridgehead atoms. The topological polar surface area (TPSA) is 64.3 Å². The average Bonchev–Trinajstić information content (AvgIpc) is 2.43. The average molecular weight is 256 g/mol.